The number of thiophene rings is 1. The predicted octanol–water partition coefficient (Wildman–Crippen LogP) is 5.69. The van der Waals surface area contributed by atoms with Gasteiger partial charge in [-0.25, -0.2) is 9.59 Å². The van der Waals surface area contributed by atoms with Crippen molar-refractivity contribution >= 4 is 64.1 Å². The molecule has 0 saturated carbocycles. The lowest BCUT2D eigenvalue weighted by Crippen LogP contribution is -2.21. The maximum absolute atomic E-state index is 12.4. The number of rotatable bonds is 8. The maximum atomic E-state index is 12.4. The molecule has 10 heteroatoms. The lowest BCUT2D eigenvalue weighted by atomic mass is 10.2. The third-order valence-corrected chi connectivity index (χ3v) is 5.63. The lowest BCUT2D eigenvalue weighted by Gasteiger charge is -2.06. The fraction of sp³-hybridized carbons (Fsp3) is 0.136. The van der Waals surface area contributed by atoms with Crippen LogP contribution >= 0.6 is 34.5 Å². The topological polar surface area (TPSA) is 94.8 Å². The zero-order chi connectivity index (χ0) is 23.1. The summed E-state index contributed by atoms with van der Waals surface area (Å²) in [6.45, 7) is 1.30. The average Bonchev–Trinajstić information content (AvgIpc) is 3.41. The molecule has 0 unspecified atom stereocenters. The van der Waals surface area contributed by atoms with Gasteiger partial charge in [-0.1, -0.05) is 29.3 Å². The molecule has 0 spiro atoms. The molecule has 0 bridgehead atoms. The van der Waals surface area contributed by atoms with Crippen molar-refractivity contribution in [2.24, 2.45) is 0 Å². The Balaban J connectivity index is 1.72. The maximum Gasteiger partial charge on any atom is 0.350 e. The Hall–Kier alpha value is -3.07. The highest BCUT2D eigenvalue weighted by Gasteiger charge is 2.21. The van der Waals surface area contributed by atoms with E-state index in [1.54, 1.807) is 43.3 Å². The molecule has 2 aromatic heterocycles. The van der Waals surface area contributed by atoms with Gasteiger partial charge in [0.1, 0.15) is 10.6 Å². The van der Waals surface area contributed by atoms with Crippen molar-refractivity contribution in [1.29, 1.82) is 0 Å². The van der Waals surface area contributed by atoms with Crippen LogP contribution in [-0.2, 0) is 19.1 Å². The van der Waals surface area contributed by atoms with Gasteiger partial charge in [-0.05, 0) is 43.3 Å². The van der Waals surface area contributed by atoms with Crippen LogP contribution in [0.25, 0.3) is 16.5 Å². The molecule has 2 heterocycles. The van der Waals surface area contributed by atoms with E-state index in [1.807, 2.05) is 0 Å². The lowest BCUT2D eigenvalue weighted by molar-refractivity contribution is -0.142. The Morgan fingerprint density at radius 3 is 2.66 bits per heavy atom. The van der Waals surface area contributed by atoms with Crippen LogP contribution in [0.15, 0.2) is 53.2 Å². The van der Waals surface area contributed by atoms with Gasteiger partial charge in [0.25, 0.3) is 5.91 Å². The highest BCUT2D eigenvalue weighted by atomic mass is 35.5. The van der Waals surface area contributed by atoms with Gasteiger partial charge in [0.15, 0.2) is 6.61 Å². The van der Waals surface area contributed by atoms with E-state index in [0.29, 0.717) is 26.2 Å². The highest BCUT2D eigenvalue weighted by Crippen LogP contribution is 2.39. The van der Waals surface area contributed by atoms with Crippen molar-refractivity contribution < 1.29 is 28.3 Å². The third-order valence-electron chi connectivity index (χ3n) is 3.94. The van der Waals surface area contributed by atoms with Gasteiger partial charge in [-0.2, -0.15) is 0 Å². The first-order chi connectivity index (χ1) is 15.4. The van der Waals surface area contributed by atoms with Gasteiger partial charge >= 0.3 is 11.9 Å². The van der Waals surface area contributed by atoms with E-state index in [0.717, 1.165) is 17.4 Å². The van der Waals surface area contributed by atoms with Crippen LogP contribution in [0.4, 0.5) is 5.69 Å². The first-order valence-electron chi connectivity index (χ1n) is 9.32. The minimum absolute atomic E-state index is 0.167. The normalized spacial score (nSPS) is 10.8. The standard InChI is InChI=1S/C22H17Cl2NO6S/c1-2-29-22(28)21-17(11-18(32-21)15-7-5-13(23)10-16(15)24)25-19(26)12-31-20(27)8-6-14-4-3-9-30-14/h3-11H,2,12H2,1H3,(H,25,26). The molecule has 1 amide bonds. The van der Waals surface area contributed by atoms with Gasteiger partial charge in [-0.3, -0.25) is 4.79 Å². The smallest absolute Gasteiger partial charge is 0.350 e. The van der Waals surface area contributed by atoms with E-state index in [-0.39, 0.29) is 17.2 Å². The molecule has 0 saturated heterocycles. The molecule has 3 aromatic rings. The zero-order valence-corrected chi connectivity index (χ0v) is 19.1. The molecule has 0 fully saturated rings. The molecule has 1 N–H and O–H groups in total. The van der Waals surface area contributed by atoms with Crippen LogP contribution in [-0.4, -0.2) is 31.1 Å². The zero-order valence-electron chi connectivity index (χ0n) is 16.7. The number of amides is 1. The summed E-state index contributed by atoms with van der Waals surface area (Å²) in [7, 11) is 0. The molecule has 0 aliphatic carbocycles. The Morgan fingerprint density at radius 1 is 1.16 bits per heavy atom. The van der Waals surface area contributed by atoms with Gasteiger partial charge in [0.05, 0.1) is 23.6 Å². The average molecular weight is 494 g/mol. The number of furan rings is 1. The summed E-state index contributed by atoms with van der Waals surface area (Å²) in [5.74, 6) is -1.47. The Kier molecular flexibility index (Phi) is 8.10. The number of hydrogen-bond donors (Lipinski definition) is 1. The van der Waals surface area contributed by atoms with Crippen LogP contribution in [0.2, 0.25) is 10.0 Å². The Labute approximate surface area is 197 Å². The SMILES string of the molecule is CCOC(=O)c1sc(-c2ccc(Cl)cc2Cl)cc1NC(=O)COC(=O)C=Cc1ccco1. The van der Waals surface area contributed by atoms with Crippen molar-refractivity contribution in [2.75, 3.05) is 18.5 Å². The number of hydrogen-bond acceptors (Lipinski definition) is 7. The van der Waals surface area contributed by atoms with Crippen molar-refractivity contribution in [1.82, 2.24) is 0 Å². The molecule has 3 rings (SSSR count). The minimum Gasteiger partial charge on any atom is -0.465 e. The number of carbonyl (C=O) groups is 3. The fourth-order valence-electron chi connectivity index (χ4n) is 2.56. The van der Waals surface area contributed by atoms with E-state index < -0.39 is 24.5 Å². The quantitative estimate of drug-likeness (QED) is 0.320. The highest BCUT2D eigenvalue weighted by molar-refractivity contribution is 7.18. The molecule has 166 valence electrons. The van der Waals surface area contributed by atoms with E-state index in [2.05, 4.69) is 5.32 Å². The Morgan fingerprint density at radius 2 is 1.97 bits per heavy atom. The second-order valence-corrected chi connectivity index (χ2v) is 8.10. The van der Waals surface area contributed by atoms with Gasteiger partial charge in [0.2, 0.25) is 0 Å². The summed E-state index contributed by atoms with van der Waals surface area (Å²) >= 11 is 13.3. The van der Waals surface area contributed by atoms with Crippen molar-refractivity contribution in [2.45, 2.75) is 6.92 Å². The minimum atomic E-state index is -0.721. The number of nitrogens with one attached hydrogen (secondary N) is 1. The molecule has 0 aliphatic heterocycles. The van der Waals surface area contributed by atoms with Gasteiger partial charge in [0, 0.05) is 21.5 Å². The number of esters is 2. The summed E-state index contributed by atoms with van der Waals surface area (Å²) in [6.07, 6.45) is 4.02. The fourth-order valence-corrected chi connectivity index (χ4v) is 4.17. The van der Waals surface area contributed by atoms with Crippen molar-refractivity contribution in [3.05, 3.63) is 69.4 Å². The van der Waals surface area contributed by atoms with Crippen LogP contribution in [0.3, 0.4) is 0 Å². The largest absolute Gasteiger partial charge is 0.465 e. The number of anilines is 1. The van der Waals surface area contributed by atoms with Gasteiger partial charge in [-0.15, -0.1) is 11.3 Å². The molecule has 0 radical (unpaired) electrons. The van der Waals surface area contributed by atoms with E-state index in [4.69, 9.17) is 37.1 Å². The summed E-state index contributed by atoms with van der Waals surface area (Å²) in [5.41, 5.74) is 0.864. The first-order valence-corrected chi connectivity index (χ1v) is 10.9. The summed E-state index contributed by atoms with van der Waals surface area (Å²) in [5, 5.41) is 3.44. The van der Waals surface area contributed by atoms with E-state index >= 15 is 0 Å². The molecule has 32 heavy (non-hydrogen) atoms. The first kappa shape index (κ1) is 23.6. The number of halogens is 2. The van der Waals surface area contributed by atoms with Crippen LogP contribution in [0.1, 0.15) is 22.4 Å². The second kappa shape index (κ2) is 11.0. The molecule has 7 nitrogen and oxygen atoms in total. The van der Waals surface area contributed by atoms with Crippen LogP contribution in [0.5, 0.6) is 0 Å². The monoisotopic (exact) mass is 493 g/mol. The number of benzene rings is 1. The van der Waals surface area contributed by atoms with E-state index in [1.165, 1.54) is 12.3 Å². The van der Waals surface area contributed by atoms with Crippen LogP contribution < -0.4 is 5.32 Å². The van der Waals surface area contributed by atoms with Gasteiger partial charge < -0.3 is 19.2 Å². The predicted molar refractivity (Wildman–Crippen MR) is 123 cm³/mol. The molecule has 1 aromatic carbocycles. The summed E-state index contributed by atoms with van der Waals surface area (Å²) in [6, 6.07) is 9.89. The van der Waals surface area contributed by atoms with Crippen molar-refractivity contribution in [3.63, 3.8) is 0 Å². The number of ether oxygens (including phenoxy) is 2. The van der Waals surface area contributed by atoms with Crippen LogP contribution in [0, 0.1) is 0 Å². The van der Waals surface area contributed by atoms with Crippen molar-refractivity contribution in [3.8, 4) is 10.4 Å². The summed E-state index contributed by atoms with van der Waals surface area (Å²) in [4.78, 5) is 37.3. The second-order valence-electron chi connectivity index (χ2n) is 6.20. The van der Waals surface area contributed by atoms with E-state index in [9.17, 15) is 14.4 Å². The molecule has 0 aliphatic rings. The molecular weight excluding hydrogens is 477 g/mol. The molecule has 0 atom stereocenters. The molecular formula is C22H17Cl2NO6S. The Bertz CT molecular complexity index is 1150. The summed E-state index contributed by atoms with van der Waals surface area (Å²) < 4.78 is 15.1. The number of carbonyl (C=O) groups excluding carboxylic acids is 3. The third kappa shape index (κ3) is 6.23.